The van der Waals surface area contributed by atoms with E-state index in [1.807, 2.05) is 4.90 Å². The Morgan fingerprint density at radius 3 is 2.88 bits per heavy atom. The van der Waals surface area contributed by atoms with Crippen LogP contribution in [0.25, 0.3) is 0 Å². The third kappa shape index (κ3) is 4.26. The normalized spacial score (nSPS) is 24.5. The van der Waals surface area contributed by atoms with Crippen molar-refractivity contribution in [1.82, 2.24) is 9.80 Å². The molecule has 2 unspecified atom stereocenters. The quantitative estimate of drug-likeness (QED) is 0.749. The number of hydrogen-bond acceptors (Lipinski definition) is 4. The Bertz CT molecular complexity index is 248. The van der Waals surface area contributed by atoms with Crippen LogP contribution < -0.4 is 5.73 Å². The molecule has 1 saturated heterocycles. The van der Waals surface area contributed by atoms with Gasteiger partial charge in [-0.05, 0) is 33.4 Å². The van der Waals surface area contributed by atoms with E-state index in [4.69, 9.17) is 10.5 Å². The van der Waals surface area contributed by atoms with E-state index in [0.717, 1.165) is 26.1 Å². The summed E-state index contributed by atoms with van der Waals surface area (Å²) in [5, 5.41) is 0. The summed E-state index contributed by atoms with van der Waals surface area (Å²) in [7, 11) is 3.72. The molecule has 1 heterocycles. The van der Waals surface area contributed by atoms with Crippen molar-refractivity contribution in [2.75, 3.05) is 40.4 Å². The minimum Gasteiger partial charge on any atom is -0.385 e. The van der Waals surface area contributed by atoms with Crippen molar-refractivity contribution in [2.24, 2.45) is 5.73 Å². The molecule has 0 aromatic carbocycles. The van der Waals surface area contributed by atoms with E-state index < -0.39 is 6.04 Å². The molecule has 1 aliphatic heterocycles. The van der Waals surface area contributed by atoms with Crippen LogP contribution in [0, 0.1) is 0 Å². The van der Waals surface area contributed by atoms with Gasteiger partial charge in [0.2, 0.25) is 5.91 Å². The first-order valence-electron chi connectivity index (χ1n) is 6.29. The molecule has 0 bridgehead atoms. The lowest BCUT2D eigenvalue weighted by atomic mass is 10.1. The third-order valence-corrected chi connectivity index (χ3v) is 3.28. The molecule has 0 aromatic rings. The van der Waals surface area contributed by atoms with Gasteiger partial charge in [-0.25, -0.2) is 0 Å². The van der Waals surface area contributed by atoms with Crippen LogP contribution in [0.15, 0.2) is 0 Å². The first-order valence-corrected chi connectivity index (χ1v) is 6.29. The highest BCUT2D eigenvalue weighted by molar-refractivity contribution is 5.82. The fraction of sp³-hybridized carbons (Fsp3) is 0.917. The van der Waals surface area contributed by atoms with Gasteiger partial charge in [0.15, 0.2) is 0 Å². The van der Waals surface area contributed by atoms with Gasteiger partial charge in [-0.2, -0.15) is 0 Å². The van der Waals surface area contributed by atoms with Gasteiger partial charge in [-0.1, -0.05) is 0 Å². The van der Waals surface area contributed by atoms with Crippen molar-refractivity contribution in [2.45, 2.75) is 31.8 Å². The van der Waals surface area contributed by atoms with Crippen LogP contribution in [0.4, 0.5) is 0 Å². The van der Waals surface area contributed by atoms with Gasteiger partial charge in [0.25, 0.3) is 0 Å². The van der Waals surface area contributed by atoms with Gasteiger partial charge in [-0.3, -0.25) is 4.79 Å². The Labute approximate surface area is 104 Å². The average Bonchev–Trinajstić information content (AvgIpc) is 2.46. The number of likely N-dealkylation sites (N-methyl/N-ethyl adjacent to an activating group) is 1. The van der Waals surface area contributed by atoms with Crippen molar-refractivity contribution >= 4 is 5.91 Å². The molecular weight excluding hydrogens is 218 g/mol. The SMILES string of the molecule is COCCC(N)C(=O)N1CCCN(C)CC1C. The van der Waals surface area contributed by atoms with Gasteiger partial charge < -0.3 is 20.3 Å². The van der Waals surface area contributed by atoms with E-state index in [9.17, 15) is 4.79 Å². The molecule has 0 spiro atoms. The number of methoxy groups -OCH3 is 1. The van der Waals surface area contributed by atoms with Gasteiger partial charge in [0.1, 0.15) is 0 Å². The lowest BCUT2D eigenvalue weighted by Gasteiger charge is -2.30. The molecule has 1 amide bonds. The van der Waals surface area contributed by atoms with Crippen LogP contribution in [0.1, 0.15) is 19.8 Å². The lowest BCUT2D eigenvalue weighted by Crippen LogP contribution is -2.49. The van der Waals surface area contributed by atoms with Crippen molar-refractivity contribution in [3.63, 3.8) is 0 Å². The van der Waals surface area contributed by atoms with Gasteiger partial charge in [-0.15, -0.1) is 0 Å². The summed E-state index contributed by atoms with van der Waals surface area (Å²) < 4.78 is 4.96. The Morgan fingerprint density at radius 2 is 2.24 bits per heavy atom. The highest BCUT2D eigenvalue weighted by atomic mass is 16.5. The van der Waals surface area contributed by atoms with E-state index >= 15 is 0 Å². The van der Waals surface area contributed by atoms with Gasteiger partial charge in [0.05, 0.1) is 6.04 Å². The number of carbonyl (C=O) groups excluding carboxylic acids is 1. The molecule has 17 heavy (non-hydrogen) atoms. The van der Waals surface area contributed by atoms with Crippen molar-refractivity contribution in [3.8, 4) is 0 Å². The van der Waals surface area contributed by atoms with E-state index in [1.54, 1.807) is 7.11 Å². The molecule has 2 atom stereocenters. The number of carbonyl (C=O) groups is 1. The average molecular weight is 243 g/mol. The summed E-state index contributed by atoms with van der Waals surface area (Å²) in [6.45, 7) is 5.40. The van der Waals surface area contributed by atoms with Gasteiger partial charge >= 0.3 is 0 Å². The van der Waals surface area contributed by atoms with Crippen LogP contribution in [0.3, 0.4) is 0 Å². The minimum absolute atomic E-state index is 0.0600. The highest BCUT2D eigenvalue weighted by Crippen LogP contribution is 2.10. The summed E-state index contributed by atoms with van der Waals surface area (Å²) in [4.78, 5) is 16.4. The van der Waals surface area contributed by atoms with Crippen molar-refractivity contribution in [3.05, 3.63) is 0 Å². The van der Waals surface area contributed by atoms with Crippen molar-refractivity contribution < 1.29 is 9.53 Å². The number of amides is 1. The largest absolute Gasteiger partial charge is 0.385 e. The van der Waals surface area contributed by atoms with E-state index in [0.29, 0.717) is 13.0 Å². The molecular formula is C12H25N3O2. The summed E-state index contributed by atoms with van der Waals surface area (Å²) in [6.07, 6.45) is 1.61. The first-order chi connectivity index (χ1) is 8.06. The van der Waals surface area contributed by atoms with E-state index in [1.165, 1.54) is 0 Å². The Kier molecular flexibility index (Phi) is 5.88. The summed E-state index contributed by atoms with van der Waals surface area (Å²) >= 11 is 0. The zero-order chi connectivity index (χ0) is 12.8. The molecule has 0 saturated carbocycles. The molecule has 5 nitrogen and oxygen atoms in total. The minimum atomic E-state index is -0.430. The van der Waals surface area contributed by atoms with Crippen LogP contribution in [0.5, 0.6) is 0 Å². The number of hydrogen-bond donors (Lipinski definition) is 1. The standard InChI is InChI=1S/C12H25N3O2/c1-10-9-14(2)6-4-7-15(10)12(16)11(13)5-8-17-3/h10-11H,4-9,13H2,1-3H3. The maximum absolute atomic E-state index is 12.2. The fourth-order valence-corrected chi connectivity index (χ4v) is 2.28. The number of rotatable bonds is 4. The smallest absolute Gasteiger partial charge is 0.239 e. The Morgan fingerprint density at radius 1 is 1.53 bits per heavy atom. The maximum Gasteiger partial charge on any atom is 0.239 e. The molecule has 0 aliphatic carbocycles. The van der Waals surface area contributed by atoms with Crippen molar-refractivity contribution in [1.29, 1.82) is 0 Å². The molecule has 0 aromatic heterocycles. The van der Waals surface area contributed by atoms with E-state index in [-0.39, 0.29) is 11.9 Å². The van der Waals surface area contributed by atoms with Crippen LogP contribution in [-0.2, 0) is 9.53 Å². The monoisotopic (exact) mass is 243 g/mol. The Hall–Kier alpha value is -0.650. The second-order valence-corrected chi connectivity index (χ2v) is 4.88. The van der Waals surface area contributed by atoms with Crippen LogP contribution in [0.2, 0.25) is 0 Å². The predicted octanol–water partition coefficient (Wildman–Crippen LogP) is -0.0972. The molecule has 1 aliphatic rings. The number of ether oxygens (including phenoxy) is 1. The molecule has 100 valence electrons. The maximum atomic E-state index is 12.2. The summed E-state index contributed by atoms with van der Waals surface area (Å²) in [5.74, 6) is 0.0600. The third-order valence-electron chi connectivity index (χ3n) is 3.28. The topological polar surface area (TPSA) is 58.8 Å². The zero-order valence-corrected chi connectivity index (χ0v) is 11.2. The van der Waals surface area contributed by atoms with Crippen LogP contribution in [-0.4, -0.2) is 68.2 Å². The molecule has 1 fully saturated rings. The van der Waals surface area contributed by atoms with E-state index in [2.05, 4.69) is 18.9 Å². The molecule has 5 heteroatoms. The van der Waals surface area contributed by atoms with Crippen LogP contribution >= 0.6 is 0 Å². The highest BCUT2D eigenvalue weighted by Gasteiger charge is 2.27. The predicted molar refractivity (Wildman–Crippen MR) is 67.8 cm³/mol. The summed E-state index contributed by atoms with van der Waals surface area (Å²) in [5.41, 5.74) is 5.90. The zero-order valence-electron chi connectivity index (χ0n) is 11.2. The molecule has 1 rings (SSSR count). The first kappa shape index (κ1) is 14.4. The fourth-order valence-electron chi connectivity index (χ4n) is 2.28. The summed E-state index contributed by atoms with van der Waals surface area (Å²) in [6, 6.07) is -0.190. The van der Waals surface area contributed by atoms with Gasteiger partial charge in [0, 0.05) is 32.8 Å². The Balaban J connectivity index is 2.54. The molecule has 0 radical (unpaired) electrons. The second-order valence-electron chi connectivity index (χ2n) is 4.88. The number of nitrogens with zero attached hydrogens (tertiary/aromatic N) is 2. The molecule has 2 N–H and O–H groups in total. The lowest BCUT2D eigenvalue weighted by molar-refractivity contribution is -0.134. The number of nitrogens with two attached hydrogens (primary N) is 1. The second kappa shape index (κ2) is 6.93.